The van der Waals surface area contributed by atoms with Crippen molar-refractivity contribution in [2.75, 3.05) is 32.7 Å². The molecule has 9 heteroatoms. The first-order chi connectivity index (χ1) is 12.9. The average molecular weight is 382 g/mol. The van der Waals surface area contributed by atoms with Crippen LogP contribution in [-0.2, 0) is 6.42 Å². The van der Waals surface area contributed by atoms with Crippen molar-refractivity contribution in [2.24, 2.45) is 4.99 Å². The second-order valence-corrected chi connectivity index (χ2v) is 6.69. The molecule has 0 aliphatic carbocycles. The van der Waals surface area contributed by atoms with Gasteiger partial charge in [-0.05, 0) is 25.5 Å². The molecule has 0 radical (unpaired) electrons. The van der Waals surface area contributed by atoms with Gasteiger partial charge < -0.3 is 15.6 Å². The summed E-state index contributed by atoms with van der Waals surface area (Å²) in [5.74, 6) is 1.50. The molecule has 27 heavy (non-hydrogen) atoms. The molecule has 3 N–H and O–H groups in total. The number of aliphatic imine (C=N–C) groups is 1. The van der Waals surface area contributed by atoms with Crippen LogP contribution in [0.15, 0.2) is 29.3 Å². The van der Waals surface area contributed by atoms with Gasteiger partial charge in [0.05, 0.1) is 17.6 Å². The molecule has 148 valence electrons. The highest BCUT2D eigenvalue weighted by Gasteiger charge is 2.34. The third-order valence-corrected chi connectivity index (χ3v) is 4.42. The number of nitrogens with one attached hydrogen (secondary N) is 3. The number of alkyl halides is 3. The van der Waals surface area contributed by atoms with Gasteiger partial charge in [-0.1, -0.05) is 12.1 Å². The van der Waals surface area contributed by atoms with Crippen LogP contribution in [0.3, 0.4) is 0 Å². The van der Waals surface area contributed by atoms with Crippen LogP contribution in [0.5, 0.6) is 0 Å². The molecular formula is C18H25F3N6. The Morgan fingerprint density at radius 1 is 1.37 bits per heavy atom. The SMILES string of the molecule is CCNC(=NCCc1nc2ccccc2[nH]1)NC1CCN(CC(F)(F)F)C1. The Bertz CT molecular complexity index is 737. The lowest BCUT2D eigenvalue weighted by Crippen LogP contribution is -2.45. The Kier molecular flexibility index (Phi) is 6.20. The van der Waals surface area contributed by atoms with Crippen molar-refractivity contribution in [2.45, 2.75) is 32.0 Å². The van der Waals surface area contributed by atoms with E-state index in [1.54, 1.807) is 0 Å². The maximum absolute atomic E-state index is 12.5. The van der Waals surface area contributed by atoms with Gasteiger partial charge in [0.2, 0.25) is 0 Å². The summed E-state index contributed by atoms with van der Waals surface area (Å²) in [5.41, 5.74) is 1.93. The van der Waals surface area contributed by atoms with Crippen molar-refractivity contribution in [1.82, 2.24) is 25.5 Å². The Balaban J connectivity index is 1.52. The fraction of sp³-hybridized carbons (Fsp3) is 0.556. The van der Waals surface area contributed by atoms with E-state index in [2.05, 4.69) is 25.6 Å². The normalized spacial score (nSPS) is 19.0. The van der Waals surface area contributed by atoms with Crippen molar-refractivity contribution in [3.05, 3.63) is 30.1 Å². The third-order valence-electron chi connectivity index (χ3n) is 4.42. The number of hydrogen-bond acceptors (Lipinski definition) is 3. The molecule has 1 aliphatic rings. The molecule has 1 unspecified atom stereocenters. The van der Waals surface area contributed by atoms with Crippen molar-refractivity contribution < 1.29 is 13.2 Å². The number of likely N-dealkylation sites (tertiary alicyclic amines) is 1. The Morgan fingerprint density at radius 3 is 2.93 bits per heavy atom. The van der Waals surface area contributed by atoms with Crippen LogP contribution in [0, 0.1) is 0 Å². The Hall–Kier alpha value is -2.29. The van der Waals surface area contributed by atoms with Gasteiger partial charge in [-0.3, -0.25) is 9.89 Å². The summed E-state index contributed by atoms with van der Waals surface area (Å²) < 4.78 is 37.5. The number of rotatable bonds is 6. The topological polar surface area (TPSA) is 68.3 Å². The molecular weight excluding hydrogens is 357 g/mol. The van der Waals surface area contributed by atoms with E-state index in [1.165, 1.54) is 4.90 Å². The number of guanidine groups is 1. The summed E-state index contributed by atoms with van der Waals surface area (Å²) in [6.45, 7) is 3.14. The zero-order valence-corrected chi connectivity index (χ0v) is 15.3. The number of H-pyrrole nitrogens is 1. The molecule has 1 atom stereocenters. The molecule has 2 aromatic rings. The van der Waals surface area contributed by atoms with Crippen LogP contribution >= 0.6 is 0 Å². The van der Waals surface area contributed by atoms with Gasteiger partial charge in [-0.15, -0.1) is 0 Å². The highest BCUT2D eigenvalue weighted by atomic mass is 19.4. The summed E-state index contributed by atoms with van der Waals surface area (Å²) >= 11 is 0. The summed E-state index contributed by atoms with van der Waals surface area (Å²) in [7, 11) is 0. The number of imidazole rings is 1. The summed E-state index contributed by atoms with van der Waals surface area (Å²) in [6, 6.07) is 7.81. The number of benzene rings is 1. The van der Waals surface area contributed by atoms with E-state index in [9.17, 15) is 13.2 Å². The summed E-state index contributed by atoms with van der Waals surface area (Å²) in [6.07, 6.45) is -2.82. The number of fused-ring (bicyclic) bond motifs is 1. The van der Waals surface area contributed by atoms with Gasteiger partial charge in [0, 0.05) is 38.6 Å². The summed E-state index contributed by atoms with van der Waals surface area (Å²) in [5, 5.41) is 6.40. The van der Waals surface area contributed by atoms with E-state index in [4.69, 9.17) is 0 Å². The van der Waals surface area contributed by atoms with Crippen molar-refractivity contribution >= 4 is 17.0 Å². The quantitative estimate of drug-likeness (QED) is 0.530. The van der Waals surface area contributed by atoms with Gasteiger partial charge in [0.15, 0.2) is 5.96 Å². The average Bonchev–Trinajstić information content (AvgIpc) is 3.19. The number of halogens is 3. The highest BCUT2D eigenvalue weighted by Crippen LogP contribution is 2.19. The van der Waals surface area contributed by atoms with Crippen LogP contribution < -0.4 is 10.6 Å². The van der Waals surface area contributed by atoms with Gasteiger partial charge in [-0.2, -0.15) is 13.2 Å². The van der Waals surface area contributed by atoms with Gasteiger partial charge in [0.25, 0.3) is 0 Å². The lowest BCUT2D eigenvalue weighted by molar-refractivity contribution is -0.143. The van der Waals surface area contributed by atoms with E-state index < -0.39 is 12.7 Å². The zero-order chi connectivity index (χ0) is 19.3. The highest BCUT2D eigenvalue weighted by molar-refractivity contribution is 5.80. The fourth-order valence-electron chi connectivity index (χ4n) is 3.26. The molecule has 1 aliphatic heterocycles. The standard InChI is InChI=1S/C18H25F3N6/c1-2-22-17(24-13-8-10-27(11-13)12-18(19,20)21)23-9-7-16-25-14-5-3-4-6-15(14)26-16/h3-6,13H,2,7-12H2,1H3,(H,25,26)(H2,22,23,24). The summed E-state index contributed by atoms with van der Waals surface area (Å²) in [4.78, 5) is 13.8. The zero-order valence-electron chi connectivity index (χ0n) is 15.3. The smallest absolute Gasteiger partial charge is 0.357 e. The molecule has 0 saturated carbocycles. The second-order valence-electron chi connectivity index (χ2n) is 6.69. The maximum Gasteiger partial charge on any atom is 0.401 e. The molecule has 0 spiro atoms. The van der Waals surface area contributed by atoms with E-state index in [0.29, 0.717) is 45.0 Å². The van der Waals surface area contributed by atoms with Crippen LogP contribution in [0.25, 0.3) is 11.0 Å². The van der Waals surface area contributed by atoms with E-state index in [1.807, 2.05) is 31.2 Å². The van der Waals surface area contributed by atoms with Gasteiger partial charge >= 0.3 is 6.18 Å². The first-order valence-corrected chi connectivity index (χ1v) is 9.20. The molecule has 3 rings (SSSR count). The molecule has 6 nitrogen and oxygen atoms in total. The Morgan fingerprint density at radius 2 is 2.19 bits per heavy atom. The minimum absolute atomic E-state index is 0.0312. The molecule has 1 saturated heterocycles. The Labute approximate surface area is 156 Å². The number of nitrogens with zero attached hydrogens (tertiary/aromatic N) is 3. The van der Waals surface area contributed by atoms with Crippen LogP contribution in [-0.4, -0.2) is 65.8 Å². The number of aromatic nitrogens is 2. The largest absolute Gasteiger partial charge is 0.401 e. The predicted octanol–water partition coefficient (Wildman–Crippen LogP) is 2.30. The van der Waals surface area contributed by atoms with Crippen LogP contribution in [0.4, 0.5) is 13.2 Å². The second kappa shape index (κ2) is 8.60. The van der Waals surface area contributed by atoms with Crippen molar-refractivity contribution in [3.63, 3.8) is 0 Å². The minimum Gasteiger partial charge on any atom is -0.357 e. The molecule has 1 aromatic heterocycles. The van der Waals surface area contributed by atoms with Crippen LogP contribution in [0.2, 0.25) is 0 Å². The first kappa shape index (κ1) is 19.5. The lowest BCUT2D eigenvalue weighted by Gasteiger charge is -2.19. The first-order valence-electron chi connectivity index (χ1n) is 9.20. The number of hydrogen-bond donors (Lipinski definition) is 3. The number of para-hydroxylation sites is 2. The van der Waals surface area contributed by atoms with E-state index in [-0.39, 0.29) is 6.04 Å². The molecule has 0 amide bonds. The molecule has 1 fully saturated rings. The van der Waals surface area contributed by atoms with Crippen molar-refractivity contribution in [1.29, 1.82) is 0 Å². The number of aromatic amines is 1. The molecule has 2 heterocycles. The van der Waals surface area contributed by atoms with Gasteiger partial charge in [-0.25, -0.2) is 4.98 Å². The minimum atomic E-state index is -4.15. The van der Waals surface area contributed by atoms with Gasteiger partial charge in [0.1, 0.15) is 5.82 Å². The van der Waals surface area contributed by atoms with Crippen LogP contribution in [0.1, 0.15) is 19.2 Å². The molecule has 0 bridgehead atoms. The monoisotopic (exact) mass is 382 g/mol. The fourth-order valence-corrected chi connectivity index (χ4v) is 3.26. The lowest BCUT2D eigenvalue weighted by atomic mass is 10.3. The third kappa shape index (κ3) is 5.85. The van der Waals surface area contributed by atoms with E-state index in [0.717, 1.165) is 16.9 Å². The molecule has 1 aromatic carbocycles. The van der Waals surface area contributed by atoms with Crippen molar-refractivity contribution in [3.8, 4) is 0 Å². The maximum atomic E-state index is 12.5. The predicted molar refractivity (Wildman–Crippen MR) is 99.8 cm³/mol. The van der Waals surface area contributed by atoms with E-state index >= 15 is 0 Å².